The lowest BCUT2D eigenvalue weighted by atomic mass is 10.2. The number of rotatable bonds is 9. The molecule has 0 spiro atoms. The maximum Gasteiger partial charge on any atom is 0.213 e. The first-order valence-corrected chi connectivity index (χ1v) is 7.14. The van der Waals surface area contributed by atoms with E-state index in [1.54, 1.807) is 0 Å². The molecule has 2 aromatic rings. The van der Waals surface area contributed by atoms with Crippen molar-refractivity contribution in [1.29, 1.82) is 0 Å². The van der Waals surface area contributed by atoms with Crippen molar-refractivity contribution in [2.75, 3.05) is 6.54 Å². The topological polar surface area (TPSA) is 71.0 Å². The molecule has 0 fully saturated rings. The average molecular weight is 303 g/mol. The van der Waals surface area contributed by atoms with Gasteiger partial charge in [0.2, 0.25) is 6.41 Å². The van der Waals surface area contributed by atoms with Gasteiger partial charge in [0.05, 0.1) is 19.8 Å². The number of hydrogen-bond acceptors (Lipinski definition) is 5. The molecule has 22 heavy (non-hydrogen) atoms. The SMILES string of the molecule is OC(CNC(O)OCc1ccccc1)OCc1ccccc1. The van der Waals surface area contributed by atoms with Gasteiger partial charge in [-0.3, -0.25) is 5.32 Å². The second kappa shape index (κ2) is 9.30. The zero-order valence-electron chi connectivity index (χ0n) is 12.3. The molecule has 0 saturated carbocycles. The number of aliphatic hydroxyl groups is 2. The van der Waals surface area contributed by atoms with Crippen molar-refractivity contribution in [3.63, 3.8) is 0 Å². The van der Waals surface area contributed by atoms with Crippen LogP contribution in [-0.4, -0.2) is 29.5 Å². The maximum absolute atomic E-state index is 9.69. The summed E-state index contributed by atoms with van der Waals surface area (Å²) < 4.78 is 10.5. The predicted octanol–water partition coefficient (Wildman–Crippen LogP) is 1.60. The van der Waals surface area contributed by atoms with Crippen molar-refractivity contribution in [3.8, 4) is 0 Å². The smallest absolute Gasteiger partial charge is 0.213 e. The molecule has 0 radical (unpaired) electrons. The van der Waals surface area contributed by atoms with Gasteiger partial charge in [0.15, 0.2) is 6.29 Å². The summed E-state index contributed by atoms with van der Waals surface area (Å²) in [7, 11) is 0. The van der Waals surface area contributed by atoms with Gasteiger partial charge in [0.1, 0.15) is 0 Å². The lowest BCUT2D eigenvalue weighted by Gasteiger charge is -2.17. The summed E-state index contributed by atoms with van der Waals surface area (Å²) in [5.74, 6) is 0. The molecule has 5 heteroatoms. The Hall–Kier alpha value is -1.76. The minimum atomic E-state index is -1.16. The third kappa shape index (κ3) is 6.34. The molecule has 0 aromatic heterocycles. The van der Waals surface area contributed by atoms with Gasteiger partial charge in [-0.05, 0) is 11.1 Å². The molecule has 3 N–H and O–H groups in total. The van der Waals surface area contributed by atoms with Gasteiger partial charge in [0.25, 0.3) is 0 Å². The van der Waals surface area contributed by atoms with Gasteiger partial charge in [-0.15, -0.1) is 0 Å². The predicted molar refractivity (Wildman–Crippen MR) is 82.5 cm³/mol. The van der Waals surface area contributed by atoms with E-state index in [-0.39, 0.29) is 13.2 Å². The van der Waals surface area contributed by atoms with Crippen LogP contribution >= 0.6 is 0 Å². The minimum Gasteiger partial charge on any atom is -0.367 e. The summed E-state index contributed by atoms with van der Waals surface area (Å²) in [6.45, 7) is 0.670. The summed E-state index contributed by atoms with van der Waals surface area (Å²) in [6, 6.07) is 19.1. The van der Waals surface area contributed by atoms with Crippen LogP contribution in [0.2, 0.25) is 0 Å². The molecule has 118 valence electrons. The monoisotopic (exact) mass is 303 g/mol. The Morgan fingerprint density at radius 3 is 1.82 bits per heavy atom. The Bertz CT molecular complexity index is 471. The van der Waals surface area contributed by atoms with Gasteiger partial charge in [-0.25, -0.2) is 0 Å². The van der Waals surface area contributed by atoms with Crippen LogP contribution in [0, 0.1) is 0 Å². The highest BCUT2D eigenvalue weighted by atomic mass is 16.6. The molecule has 0 amide bonds. The summed E-state index contributed by atoms with van der Waals surface area (Å²) in [6.07, 6.45) is -2.18. The molecular formula is C17H21NO4. The number of benzene rings is 2. The Balaban J connectivity index is 1.60. The fourth-order valence-corrected chi connectivity index (χ4v) is 1.84. The fourth-order valence-electron chi connectivity index (χ4n) is 1.84. The van der Waals surface area contributed by atoms with Crippen molar-refractivity contribution < 1.29 is 19.7 Å². The Labute approximate surface area is 130 Å². The Kier molecular flexibility index (Phi) is 7.02. The van der Waals surface area contributed by atoms with Gasteiger partial charge < -0.3 is 19.7 Å². The molecule has 5 nitrogen and oxygen atoms in total. The largest absolute Gasteiger partial charge is 0.367 e. The highest BCUT2D eigenvalue weighted by Crippen LogP contribution is 2.03. The first-order chi connectivity index (χ1) is 10.7. The number of aliphatic hydroxyl groups excluding tert-OH is 2. The first kappa shape index (κ1) is 16.6. The molecule has 0 heterocycles. The molecule has 0 bridgehead atoms. The van der Waals surface area contributed by atoms with Crippen LogP contribution in [0.25, 0.3) is 0 Å². The third-order valence-corrected chi connectivity index (χ3v) is 3.00. The van der Waals surface area contributed by atoms with Gasteiger partial charge in [-0.2, -0.15) is 0 Å². The molecule has 0 aliphatic rings. The van der Waals surface area contributed by atoms with Crippen molar-refractivity contribution in [1.82, 2.24) is 5.32 Å². The molecular weight excluding hydrogens is 282 g/mol. The van der Waals surface area contributed by atoms with Crippen molar-refractivity contribution in [2.24, 2.45) is 0 Å². The van der Waals surface area contributed by atoms with E-state index in [4.69, 9.17) is 9.47 Å². The first-order valence-electron chi connectivity index (χ1n) is 7.14. The van der Waals surface area contributed by atoms with Crippen LogP contribution in [0.5, 0.6) is 0 Å². The van der Waals surface area contributed by atoms with E-state index in [0.717, 1.165) is 11.1 Å². The van der Waals surface area contributed by atoms with E-state index in [9.17, 15) is 10.2 Å². The number of ether oxygens (including phenoxy) is 2. The molecule has 0 aliphatic heterocycles. The summed E-state index contributed by atoms with van der Waals surface area (Å²) in [5, 5.41) is 22.0. The van der Waals surface area contributed by atoms with Gasteiger partial charge >= 0.3 is 0 Å². The highest BCUT2D eigenvalue weighted by Gasteiger charge is 2.09. The van der Waals surface area contributed by atoms with Crippen LogP contribution < -0.4 is 5.32 Å². The number of hydrogen-bond donors (Lipinski definition) is 3. The summed E-state index contributed by atoms with van der Waals surface area (Å²) in [5.41, 5.74) is 1.94. The van der Waals surface area contributed by atoms with Gasteiger partial charge in [-0.1, -0.05) is 60.7 Å². The summed E-state index contributed by atoms with van der Waals surface area (Å²) >= 11 is 0. The third-order valence-electron chi connectivity index (χ3n) is 3.00. The number of nitrogens with one attached hydrogen (secondary N) is 1. The van der Waals surface area contributed by atoms with Crippen LogP contribution in [0.15, 0.2) is 60.7 Å². The van der Waals surface area contributed by atoms with Gasteiger partial charge in [0, 0.05) is 0 Å². The molecule has 0 aliphatic carbocycles. The maximum atomic E-state index is 9.69. The van der Waals surface area contributed by atoms with Crippen molar-refractivity contribution in [3.05, 3.63) is 71.8 Å². The van der Waals surface area contributed by atoms with Crippen LogP contribution in [0.4, 0.5) is 0 Å². The van der Waals surface area contributed by atoms with E-state index in [1.807, 2.05) is 60.7 Å². The standard InChI is InChI=1S/C17H21NO4/c19-16(21-12-14-7-3-1-4-8-14)11-18-17(20)22-13-15-9-5-2-6-10-15/h1-10,16-20H,11-13H2. The summed E-state index contributed by atoms with van der Waals surface area (Å²) in [4.78, 5) is 0. The van der Waals surface area contributed by atoms with Crippen LogP contribution in [-0.2, 0) is 22.7 Å². The molecule has 2 atom stereocenters. The highest BCUT2D eigenvalue weighted by molar-refractivity contribution is 5.14. The Morgan fingerprint density at radius 2 is 1.27 bits per heavy atom. The van der Waals surface area contributed by atoms with Crippen molar-refractivity contribution >= 4 is 0 Å². The van der Waals surface area contributed by atoms with E-state index >= 15 is 0 Å². The molecule has 2 rings (SSSR count). The fraction of sp³-hybridized carbons (Fsp3) is 0.294. The van der Waals surface area contributed by atoms with Crippen LogP contribution in [0.1, 0.15) is 11.1 Å². The minimum absolute atomic E-state index is 0.0722. The van der Waals surface area contributed by atoms with Crippen molar-refractivity contribution in [2.45, 2.75) is 25.9 Å². The quantitative estimate of drug-likeness (QED) is 0.614. The second-order valence-corrected chi connectivity index (χ2v) is 4.81. The average Bonchev–Trinajstić information content (AvgIpc) is 2.58. The lowest BCUT2D eigenvalue weighted by Crippen LogP contribution is -2.38. The molecule has 0 saturated heterocycles. The van der Waals surface area contributed by atoms with E-state index < -0.39 is 12.7 Å². The van der Waals surface area contributed by atoms with E-state index in [2.05, 4.69) is 5.32 Å². The normalized spacial score (nSPS) is 13.7. The zero-order chi connectivity index (χ0) is 15.6. The zero-order valence-corrected chi connectivity index (χ0v) is 12.3. The van der Waals surface area contributed by atoms with E-state index in [0.29, 0.717) is 6.61 Å². The van der Waals surface area contributed by atoms with Crippen LogP contribution in [0.3, 0.4) is 0 Å². The Morgan fingerprint density at radius 1 is 0.773 bits per heavy atom. The molecule has 2 aromatic carbocycles. The lowest BCUT2D eigenvalue weighted by molar-refractivity contribution is -0.155. The van der Waals surface area contributed by atoms with E-state index in [1.165, 1.54) is 0 Å². The molecule has 2 unspecified atom stereocenters. The second-order valence-electron chi connectivity index (χ2n) is 4.81.